The molecule has 0 unspecified atom stereocenters. The van der Waals surface area contributed by atoms with Crippen molar-refractivity contribution in [1.29, 1.82) is 0 Å². The molecule has 3 aromatic rings. The van der Waals surface area contributed by atoms with E-state index in [2.05, 4.69) is 4.98 Å². The molecule has 9 nitrogen and oxygen atoms in total. The van der Waals surface area contributed by atoms with Crippen LogP contribution in [-0.4, -0.2) is 28.9 Å². The second-order valence-electron chi connectivity index (χ2n) is 7.76. The second kappa shape index (κ2) is 11.1. The molecule has 1 aromatic heterocycles. The molecular weight excluding hydrogens is 436 g/mol. The molecule has 0 saturated carbocycles. The first kappa shape index (κ1) is 24.4. The van der Waals surface area contributed by atoms with Crippen LogP contribution in [0.2, 0.25) is 0 Å². The van der Waals surface area contributed by atoms with Gasteiger partial charge in [0.15, 0.2) is 0 Å². The molecule has 0 fully saturated rings. The summed E-state index contributed by atoms with van der Waals surface area (Å²) in [7, 11) is 0. The Bertz CT molecular complexity index is 1220. The fourth-order valence-electron chi connectivity index (χ4n) is 3.20. The van der Waals surface area contributed by atoms with E-state index in [4.69, 9.17) is 16.2 Å². The lowest BCUT2D eigenvalue weighted by Gasteiger charge is -2.23. The largest absolute Gasteiger partial charge is 0.444 e. The Balaban J connectivity index is 1.86. The third-order valence-corrected chi connectivity index (χ3v) is 5.17. The van der Waals surface area contributed by atoms with Crippen LogP contribution < -0.4 is 21.9 Å². The van der Waals surface area contributed by atoms with Crippen LogP contribution in [0.3, 0.4) is 0 Å². The Labute approximate surface area is 196 Å². The topological polar surface area (TPSA) is 149 Å². The number of imide groups is 1. The molecule has 0 radical (unpaired) electrons. The molecule has 3 amide bonds. The van der Waals surface area contributed by atoms with E-state index >= 15 is 0 Å². The van der Waals surface area contributed by atoms with Crippen molar-refractivity contribution in [3.63, 3.8) is 0 Å². The fourth-order valence-corrected chi connectivity index (χ4v) is 3.20. The molecule has 1 atom stereocenters. The minimum Gasteiger partial charge on any atom is -0.444 e. The molecule has 0 spiro atoms. The number of H-pyrrole nitrogens is 1. The van der Waals surface area contributed by atoms with E-state index < -0.39 is 23.9 Å². The van der Waals surface area contributed by atoms with Gasteiger partial charge in [0.25, 0.3) is 11.5 Å². The third kappa shape index (κ3) is 6.17. The van der Waals surface area contributed by atoms with Gasteiger partial charge in [0.05, 0.1) is 11.7 Å². The van der Waals surface area contributed by atoms with Crippen molar-refractivity contribution in [3.05, 3.63) is 88.2 Å². The maximum atomic E-state index is 13.0. The molecule has 176 valence electrons. The van der Waals surface area contributed by atoms with E-state index in [0.29, 0.717) is 16.8 Å². The summed E-state index contributed by atoms with van der Waals surface area (Å²) < 4.78 is 5.36. The molecule has 1 heterocycles. The predicted octanol–water partition coefficient (Wildman–Crippen LogP) is 2.61. The van der Waals surface area contributed by atoms with Gasteiger partial charge in [0.2, 0.25) is 5.91 Å². The summed E-state index contributed by atoms with van der Waals surface area (Å²) in [4.78, 5) is 52.6. The van der Waals surface area contributed by atoms with Crippen molar-refractivity contribution < 1.29 is 19.1 Å². The summed E-state index contributed by atoms with van der Waals surface area (Å²) in [6.07, 6.45) is -1.02. The first-order valence-corrected chi connectivity index (χ1v) is 10.6. The number of nitrogens with two attached hydrogens (primary N) is 2. The normalized spacial score (nSPS) is 11.5. The number of hydrogen-bond donors (Lipinski definition) is 3. The number of nitrogens with zero attached hydrogens (tertiary/aromatic N) is 1. The molecule has 0 bridgehead atoms. The highest BCUT2D eigenvalue weighted by atomic mass is 16.6. The first-order chi connectivity index (χ1) is 16.3. The van der Waals surface area contributed by atoms with Crippen molar-refractivity contribution in [3.8, 4) is 11.3 Å². The lowest BCUT2D eigenvalue weighted by molar-refractivity contribution is -0.120. The average Bonchev–Trinajstić information content (AvgIpc) is 2.84. The van der Waals surface area contributed by atoms with Gasteiger partial charge >= 0.3 is 6.09 Å². The molecular formula is C25H26N4O5. The number of hydrogen-bond acceptors (Lipinski definition) is 6. The number of amides is 3. The highest BCUT2D eigenvalue weighted by Gasteiger charge is 2.29. The Kier molecular flexibility index (Phi) is 7.94. The number of anilines is 1. The van der Waals surface area contributed by atoms with Crippen LogP contribution >= 0.6 is 0 Å². The van der Waals surface area contributed by atoms with Crippen molar-refractivity contribution >= 4 is 23.6 Å². The van der Waals surface area contributed by atoms with E-state index in [9.17, 15) is 19.2 Å². The van der Waals surface area contributed by atoms with Gasteiger partial charge in [-0.05, 0) is 42.7 Å². The molecule has 9 heteroatoms. The van der Waals surface area contributed by atoms with Crippen LogP contribution in [0.15, 0.2) is 71.5 Å². The molecule has 0 saturated heterocycles. The van der Waals surface area contributed by atoms with Gasteiger partial charge in [-0.3, -0.25) is 14.4 Å². The van der Waals surface area contributed by atoms with Crippen LogP contribution in [0.25, 0.3) is 11.3 Å². The number of nitrogens with one attached hydrogen (secondary N) is 1. The number of carbonyl (C=O) groups is 3. The summed E-state index contributed by atoms with van der Waals surface area (Å²) in [5.41, 5.74) is 13.7. The standard InChI is InChI=1S/C25H26N4O5/c1-16-7-13-21(28-23(16)31)18-8-10-19(11-9-18)29(24(32)20(26)12-14-22(27)30)25(33)34-15-17-5-3-2-4-6-17/h2-11,13,20H,12,14-15,26H2,1H3,(H2,27,30)(H,28,31)/t20-/m1/s1. The SMILES string of the molecule is Cc1ccc(-c2ccc(N(C(=O)OCc3ccccc3)C(=O)[C@H](N)CCC(N)=O)cc2)[nH]c1=O. The Morgan fingerprint density at radius 1 is 1.00 bits per heavy atom. The predicted molar refractivity (Wildman–Crippen MR) is 128 cm³/mol. The quantitative estimate of drug-likeness (QED) is 0.468. The molecule has 0 aliphatic carbocycles. The van der Waals surface area contributed by atoms with Crippen LogP contribution in [0, 0.1) is 6.92 Å². The van der Waals surface area contributed by atoms with Crippen molar-refractivity contribution in [2.45, 2.75) is 32.4 Å². The number of benzene rings is 2. The summed E-state index contributed by atoms with van der Waals surface area (Å²) >= 11 is 0. The fraction of sp³-hybridized carbons (Fsp3) is 0.200. The number of aryl methyl sites for hydroxylation is 1. The zero-order valence-electron chi connectivity index (χ0n) is 18.7. The molecule has 0 aliphatic rings. The average molecular weight is 463 g/mol. The summed E-state index contributed by atoms with van der Waals surface area (Å²) in [6.45, 7) is 1.67. The maximum Gasteiger partial charge on any atom is 0.421 e. The van der Waals surface area contributed by atoms with E-state index in [1.165, 1.54) is 0 Å². The van der Waals surface area contributed by atoms with Gasteiger partial charge in [-0.25, -0.2) is 9.69 Å². The number of ether oxygens (including phenoxy) is 1. The zero-order chi connectivity index (χ0) is 24.7. The van der Waals surface area contributed by atoms with Crippen LogP contribution in [0.1, 0.15) is 24.0 Å². The number of aromatic amines is 1. The Morgan fingerprint density at radius 2 is 1.68 bits per heavy atom. The molecule has 3 rings (SSSR count). The molecule has 5 N–H and O–H groups in total. The monoisotopic (exact) mass is 462 g/mol. The number of aromatic nitrogens is 1. The zero-order valence-corrected chi connectivity index (χ0v) is 18.7. The lowest BCUT2D eigenvalue weighted by atomic mass is 10.1. The smallest absolute Gasteiger partial charge is 0.421 e. The van der Waals surface area contributed by atoms with Crippen LogP contribution in [-0.2, 0) is 20.9 Å². The van der Waals surface area contributed by atoms with Gasteiger partial charge in [0, 0.05) is 17.7 Å². The van der Waals surface area contributed by atoms with Gasteiger partial charge in [-0.1, -0.05) is 48.5 Å². The summed E-state index contributed by atoms with van der Waals surface area (Å²) in [5, 5.41) is 0. The number of primary amides is 1. The maximum absolute atomic E-state index is 13.0. The van der Waals surface area contributed by atoms with E-state index in [1.54, 1.807) is 67.6 Å². The van der Waals surface area contributed by atoms with Gasteiger partial charge in [0.1, 0.15) is 6.61 Å². The van der Waals surface area contributed by atoms with Gasteiger partial charge < -0.3 is 21.2 Å². The minimum absolute atomic E-state index is 0.0146. The summed E-state index contributed by atoms with van der Waals surface area (Å²) in [5.74, 6) is -1.33. The van der Waals surface area contributed by atoms with Crippen molar-refractivity contribution in [2.75, 3.05) is 4.90 Å². The Morgan fingerprint density at radius 3 is 2.29 bits per heavy atom. The Hall–Kier alpha value is -4.24. The lowest BCUT2D eigenvalue weighted by Crippen LogP contribution is -2.47. The second-order valence-corrected chi connectivity index (χ2v) is 7.76. The molecule has 0 aliphatic heterocycles. The molecule has 34 heavy (non-hydrogen) atoms. The van der Waals surface area contributed by atoms with E-state index in [-0.39, 0.29) is 30.7 Å². The summed E-state index contributed by atoms with van der Waals surface area (Å²) in [6, 6.07) is 17.8. The van der Waals surface area contributed by atoms with E-state index in [1.807, 2.05) is 6.07 Å². The highest BCUT2D eigenvalue weighted by Crippen LogP contribution is 2.23. The van der Waals surface area contributed by atoms with Crippen molar-refractivity contribution in [2.24, 2.45) is 11.5 Å². The number of pyridine rings is 1. The van der Waals surface area contributed by atoms with Crippen molar-refractivity contribution in [1.82, 2.24) is 4.98 Å². The van der Waals surface area contributed by atoms with Crippen LogP contribution in [0.4, 0.5) is 10.5 Å². The molecule has 2 aromatic carbocycles. The first-order valence-electron chi connectivity index (χ1n) is 10.6. The third-order valence-electron chi connectivity index (χ3n) is 5.17. The number of rotatable bonds is 8. The van der Waals surface area contributed by atoms with Gasteiger partial charge in [-0.15, -0.1) is 0 Å². The van der Waals surface area contributed by atoms with Gasteiger partial charge in [-0.2, -0.15) is 0 Å². The van der Waals surface area contributed by atoms with Crippen LogP contribution in [0.5, 0.6) is 0 Å². The van der Waals surface area contributed by atoms with E-state index in [0.717, 1.165) is 10.5 Å². The highest BCUT2D eigenvalue weighted by molar-refractivity contribution is 6.14. The number of carbonyl (C=O) groups excluding carboxylic acids is 3. The minimum atomic E-state index is -1.13.